The number of fused-ring (bicyclic) bond motifs is 1. The molecule has 0 spiro atoms. The van der Waals surface area contributed by atoms with Crippen LogP contribution in [0.4, 0.5) is 10.5 Å². The molecule has 1 aliphatic heterocycles. The van der Waals surface area contributed by atoms with Gasteiger partial charge in [-0.3, -0.25) is 9.59 Å². The van der Waals surface area contributed by atoms with Crippen LogP contribution in [-0.2, 0) is 9.59 Å². The first-order valence-electron chi connectivity index (χ1n) is 10.9. The summed E-state index contributed by atoms with van der Waals surface area (Å²) in [5.41, 5.74) is 2.29. The van der Waals surface area contributed by atoms with E-state index in [2.05, 4.69) is 34.4 Å². The summed E-state index contributed by atoms with van der Waals surface area (Å²) in [6, 6.07) is 15.1. The van der Waals surface area contributed by atoms with Crippen molar-refractivity contribution in [1.82, 2.24) is 20.6 Å². The second kappa shape index (κ2) is 9.21. The Hall–Kier alpha value is -3.68. The fourth-order valence-electron chi connectivity index (χ4n) is 3.91. The number of carbonyl (C=O) groups excluding carboxylic acids is 3. The van der Waals surface area contributed by atoms with Crippen LogP contribution in [0.3, 0.4) is 0 Å². The van der Waals surface area contributed by atoms with Gasteiger partial charge in [0.1, 0.15) is 11.9 Å². The average molecular weight is 434 g/mol. The van der Waals surface area contributed by atoms with E-state index in [0.717, 1.165) is 28.2 Å². The molecule has 2 aromatic carbocycles. The number of amides is 4. The third-order valence-corrected chi connectivity index (χ3v) is 5.93. The largest absolute Gasteiger partial charge is 0.346 e. The molecule has 3 N–H and O–H groups in total. The average Bonchev–Trinajstić information content (AvgIpc) is 3.36. The molecule has 8 nitrogen and oxygen atoms in total. The lowest BCUT2D eigenvalue weighted by molar-refractivity contribution is -0.122. The van der Waals surface area contributed by atoms with E-state index in [1.807, 2.05) is 30.3 Å². The second-order valence-corrected chi connectivity index (χ2v) is 8.12. The van der Waals surface area contributed by atoms with Crippen LogP contribution >= 0.6 is 0 Å². The molecule has 166 valence electrons. The topological polar surface area (TPSA) is 107 Å². The van der Waals surface area contributed by atoms with Crippen LogP contribution in [0.15, 0.2) is 54.6 Å². The Kier molecular flexibility index (Phi) is 6.20. The first-order chi connectivity index (χ1) is 15.5. The van der Waals surface area contributed by atoms with E-state index in [4.69, 9.17) is 0 Å². The molecule has 0 unspecified atom stereocenters. The van der Waals surface area contributed by atoms with Crippen molar-refractivity contribution >= 4 is 34.6 Å². The van der Waals surface area contributed by atoms with Crippen LogP contribution in [0.1, 0.15) is 45.0 Å². The molecule has 1 saturated heterocycles. The molecule has 1 fully saturated rings. The van der Waals surface area contributed by atoms with E-state index in [0.29, 0.717) is 5.69 Å². The van der Waals surface area contributed by atoms with E-state index in [-0.39, 0.29) is 36.6 Å². The molecular weight excluding hydrogens is 406 g/mol. The van der Waals surface area contributed by atoms with Crippen LogP contribution < -0.4 is 15.5 Å². The van der Waals surface area contributed by atoms with Crippen LogP contribution in [0.5, 0.6) is 0 Å². The van der Waals surface area contributed by atoms with Gasteiger partial charge in [-0.15, -0.1) is 0 Å². The van der Waals surface area contributed by atoms with Crippen molar-refractivity contribution < 1.29 is 14.4 Å². The lowest BCUT2D eigenvalue weighted by atomic mass is 9.98. The van der Waals surface area contributed by atoms with Gasteiger partial charge in [0.2, 0.25) is 5.91 Å². The molecule has 8 heteroatoms. The maximum Gasteiger partial charge on any atom is 0.329 e. The van der Waals surface area contributed by atoms with Crippen molar-refractivity contribution in [2.75, 3.05) is 4.90 Å². The number of nitrogens with one attached hydrogen (secondary N) is 3. The number of urea groups is 1. The highest BCUT2D eigenvalue weighted by Crippen LogP contribution is 2.25. The predicted molar refractivity (Wildman–Crippen MR) is 122 cm³/mol. The number of hydrogen-bond donors (Lipinski definition) is 3. The zero-order chi connectivity index (χ0) is 22.7. The van der Waals surface area contributed by atoms with Crippen LogP contribution in [0.2, 0.25) is 0 Å². The number of carbonyl (C=O) groups is 3. The van der Waals surface area contributed by atoms with Crippen LogP contribution in [0.25, 0.3) is 11.0 Å². The van der Waals surface area contributed by atoms with Gasteiger partial charge in [-0.1, -0.05) is 50.6 Å². The Labute approximate surface area is 186 Å². The molecule has 4 amide bonds. The minimum atomic E-state index is -0.721. The molecule has 2 heterocycles. The van der Waals surface area contributed by atoms with E-state index in [9.17, 15) is 14.4 Å². The van der Waals surface area contributed by atoms with Gasteiger partial charge >= 0.3 is 6.03 Å². The van der Waals surface area contributed by atoms with Crippen molar-refractivity contribution in [2.24, 2.45) is 5.92 Å². The molecule has 32 heavy (non-hydrogen) atoms. The molecule has 0 saturated carbocycles. The lowest BCUT2D eigenvalue weighted by Crippen LogP contribution is -2.35. The third-order valence-electron chi connectivity index (χ3n) is 5.93. The molecule has 3 aromatic rings. The molecule has 0 bridgehead atoms. The molecule has 4 rings (SSSR count). The Morgan fingerprint density at radius 2 is 1.84 bits per heavy atom. The van der Waals surface area contributed by atoms with Gasteiger partial charge in [-0.2, -0.15) is 0 Å². The smallest absolute Gasteiger partial charge is 0.329 e. The molecule has 0 aliphatic carbocycles. The highest BCUT2D eigenvalue weighted by molar-refractivity contribution is 6.21. The fraction of sp³-hybridized carbons (Fsp3) is 0.333. The van der Waals surface area contributed by atoms with Crippen molar-refractivity contribution in [3.63, 3.8) is 0 Å². The van der Waals surface area contributed by atoms with Crippen molar-refractivity contribution in [1.29, 1.82) is 0 Å². The van der Waals surface area contributed by atoms with Gasteiger partial charge in [-0.25, -0.2) is 14.7 Å². The second-order valence-electron chi connectivity index (χ2n) is 8.12. The van der Waals surface area contributed by atoms with Crippen molar-refractivity contribution in [3.05, 3.63) is 60.4 Å². The number of aromatic nitrogens is 2. The number of imidazole rings is 1. The zero-order valence-electron chi connectivity index (χ0n) is 18.2. The number of anilines is 1. The highest BCUT2D eigenvalue weighted by Gasteiger charge is 2.39. The molecule has 1 aliphatic rings. The Bertz CT molecular complexity index is 1090. The lowest BCUT2D eigenvalue weighted by Gasteiger charge is -2.22. The maximum absolute atomic E-state index is 12.8. The Balaban J connectivity index is 1.40. The van der Waals surface area contributed by atoms with Gasteiger partial charge in [-0.05, 0) is 36.6 Å². The number of nitrogens with zero attached hydrogens (tertiary/aromatic N) is 2. The molecule has 1 aromatic heterocycles. The number of H-pyrrole nitrogens is 1. The van der Waals surface area contributed by atoms with Gasteiger partial charge in [0.05, 0.1) is 22.8 Å². The standard InChI is InChI=1S/C24H27N5O3/c1-3-15(2)21(22-25-17-11-7-8-12-18(17)26-22)28-20(30)14-13-19-23(31)29(24(32)27-19)16-9-5-4-6-10-16/h4-12,15,19,21H,3,13-14H2,1-2H3,(H,25,26)(H,27,32)(H,28,30)/t15-,19+,21-/m0/s1. The number of benzene rings is 2. The van der Waals surface area contributed by atoms with Crippen molar-refractivity contribution in [2.45, 2.75) is 45.2 Å². The SMILES string of the molecule is CC[C@H](C)[C@H](NC(=O)CC[C@H]1NC(=O)N(c2ccccc2)C1=O)c1nc2ccccc2[nH]1. The summed E-state index contributed by atoms with van der Waals surface area (Å²) in [5, 5.41) is 5.75. The summed E-state index contributed by atoms with van der Waals surface area (Å²) >= 11 is 0. The van der Waals surface area contributed by atoms with Crippen LogP contribution in [0, 0.1) is 5.92 Å². The van der Waals surface area contributed by atoms with E-state index >= 15 is 0 Å². The summed E-state index contributed by atoms with van der Waals surface area (Å²) < 4.78 is 0. The minimum absolute atomic E-state index is 0.118. The van der Waals surface area contributed by atoms with Gasteiger partial charge < -0.3 is 15.6 Å². The summed E-state index contributed by atoms with van der Waals surface area (Å²) in [6.07, 6.45) is 1.21. The number of imide groups is 1. The van der Waals surface area contributed by atoms with Gasteiger partial charge in [0.25, 0.3) is 5.91 Å². The zero-order valence-corrected chi connectivity index (χ0v) is 18.2. The maximum atomic E-state index is 12.8. The first kappa shape index (κ1) is 21.5. The monoisotopic (exact) mass is 433 g/mol. The van der Waals surface area contributed by atoms with E-state index < -0.39 is 12.1 Å². The van der Waals surface area contributed by atoms with E-state index in [1.54, 1.807) is 24.3 Å². The van der Waals surface area contributed by atoms with Gasteiger partial charge in [0.15, 0.2) is 0 Å². The number of aromatic amines is 1. The fourth-order valence-corrected chi connectivity index (χ4v) is 3.91. The summed E-state index contributed by atoms with van der Waals surface area (Å²) in [4.78, 5) is 46.9. The molecular formula is C24H27N5O3. The summed E-state index contributed by atoms with van der Waals surface area (Å²) in [7, 11) is 0. The number of para-hydroxylation sites is 3. The summed E-state index contributed by atoms with van der Waals surface area (Å²) in [5.74, 6) is 0.357. The Morgan fingerprint density at radius 1 is 1.12 bits per heavy atom. The minimum Gasteiger partial charge on any atom is -0.346 e. The third kappa shape index (κ3) is 4.34. The van der Waals surface area contributed by atoms with Crippen molar-refractivity contribution in [3.8, 4) is 0 Å². The molecule has 0 radical (unpaired) electrons. The highest BCUT2D eigenvalue weighted by atomic mass is 16.2. The first-order valence-corrected chi connectivity index (χ1v) is 10.9. The summed E-state index contributed by atoms with van der Waals surface area (Å²) in [6.45, 7) is 4.13. The van der Waals surface area contributed by atoms with E-state index in [1.165, 1.54) is 0 Å². The number of hydrogen-bond acceptors (Lipinski definition) is 4. The number of rotatable bonds is 8. The van der Waals surface area contributed by atoms with Crippen LogP contribution in [-0.4, -0.2) is 33.9 Å². The predicted octanol–water partition coefficient (Wildman–Crippen LogP) is 3.67. The van der Waals surface area contributed by atoms with Gasteiger partial charge in [0, 0.05) is 6.42 Å². The molecule has 3 atom stereocenters. The Morgan fingerprint density at radius 3 is 2.56 bits per heavy atom. The normalized spacial score (nSPS) is 17.9. The quantitative estimate of drug-likeness (QED) is 0.471.